The van der Waals surface area contributed by atoms with E-state index in [-0.39, 0.29) is 35.6 Å². The van der Waals surface area contributed by atoms with Gasteiger partial charge in [0.15, 0.2) is 5.02 Å². The number of carbonyl (C=O) groups excluding carboxylic acids is 2. The Morgan fingerprint density at radius 1 is 1.11 bits per heavy atom. The SMILES string of the molecule is CC(C)(O)C(=O)n1c(=O)n(C(N)=O)c2cc(Cn3cnc(OCc4ccc(F)cc4F)c(Cl)c3=O)ccc21. The molecule has 0 aliphatic carbocycles. The van der Waals surface area contributed by atoms with E-state index in [2.05, 4.69) is 4.98 Å². The van der Waals surface area contributed by atoms with E-state index in [0.29, 0.717) is 20.8 Å². The molecule has 0 radical (unpaired) electrons. The number of fused-ring (bicyclic) bond motifs is 1. The summed E-state index contributed by atoms with van der Waals surface area (Å²) in [5, 5.41) is 9.69. The molecule has 14 heteroatoms. The zero-order chi connectivity index (χ0) is 27.9. The van der Waals surface area contributed by atoms with Crippen LogP contribution in [-0.2, 0) is 13.2 Å². The molecule has 2 aromatic heterocycles. The topological polar surface area (TPSA) is 151 Å². The van der Waals surface area contributed by atoms with Crippen LogP contribution in [0.3, 0.4) is 0 Å². The first-order valence-corrected chi connectivity index (χ1v) is 11.3. The molecule has 4 rings (SSSR count). The van der Waals surface area contributed by atoms with E-state index in [0.717, 1.165) is 17.0 Å². The molecule has 2 heterocycles. The monoisotopic (exact) mass is 547 g/mol. The van der Waals surface area contributed by atoms with Gasteiger partial charge in [0.1, 0.15) is 30.2 Å². The van der Waals surface area contributed by atoms with Crippen LogP contribution in [0.15, 0.2) is 52.3 Å². The lowest BCUT2D eigenvalue weighted by Crippen LogP contribution is -2.43. The van der Waals surface area contributed by atoms with E-state index in [4.69, 9.17) is 22.1 Å². The molecule has 4 aromatic rings. The fraction of sp³-hybridized carbons (Fsp3) is 0.208. The van der Waals surface area contributed by atoms with Crippen LogP contribution in [0.25, 0.3) is 11.0 Å². The normalized spacial score (nSPS) is 11.6. The minimum absolute atomic E-state index is 0.0185. The van der Waals surface area contributed by atoms with Crippen molar-refractivity contribution >= 4 is 34.6 Å². The number of imidazole rings is 1. The van der Waals surface area contributed by atoms with Crippen LogP contribution in [0.2, 0.25) is 5.02 Å². The minimum Gasteiger partial charge on any atom is -0.471 e. The Balaban J connectivity index is 1.66. The van der Waals surface area contributed by atoms with Crippen molar-refractivity contribution in [1.29, 1.82) is 0 Å². The summed E-state index contributed by atoms with van der Waals surface area (Å²) in [4.78, 5) is 54.2. The fourth-order valence-corrected chi connectivity index (χ4v) is 3.88. The van der Waals surface area contributed by atoms with E-state index in [1.54, 1.807) is 0 Å². The van der Waals surface area contributed by atoms with Crippen molar-refractivity contribution in [2.45, 2.75) is 32.6 Å². The molecule has 0 fully saturated rings. The number of nitrogens with two attached hydrogens (primary N) is 1. The van der Waals surface area contributed by atoms with Gasteiger partial charge in [-0.1, -0.05) is 17.7 Å². The molecule has 0 aliphatic rings. The van der Waals surface area contributed by atoms with Crippen LogP contribution in [0.1, 0.15) is 29.8 Å². The number of hydrogen-bond acceptors (Lipinski definition) is 7. The summed E-state index contributed by atoms with van der Waals surface area (Å²) in [6.07, 6.45) is 1.12. The Kier molecular flexibility index (Phi) is 6.91. The number of nitrogens with zero attached hydrogens (tertiary/aromatic N) is 4. The third-order valence-corrected chi connectivity index (χ3v) is 5.86. The summed E-state index contributed by atoms with van der Waals surface area (Å²) in [6, 6.07) is 6.00. The molecule has 2 aromatic carbocycles. The third-order valence-electron chi connectivity index (χ3n) is 5.53. The Bertz CT molecular complexity index is 1720. The highest BCUT2D eigenvalue weighted by molar-refractivity contribution is 6.31. The van der Waals surface area contributed by atoms with Crippen molar-refractivity contribution in [1.82, 2.24) is 18.7 Å². The molecule has 198 valence electrons. The van der Waals surface area contributed by atoms with Gasteiger partial charge in [0.2, 0.25) is 5.88 Å². The fourth-order valence-electron chi connectivity index (χ4n) is 3.67. The largest absolute Gasteiger partial charge is 0.471 e. The maximum absolute atomic E-state index is 13.8. The first-order valence-electron chi connectivity index (χ1n) is 10.9. The van der Waals surface area contributed by atoms with Crippen LogP contribution in [0, 0.1) is 11.6 Å². The molecule has 0 aliphatic heterocycles. The molecule has 0 saturated carbocycles. The standard InChI is InChI=1S/C24H20ClF2N5O6/c1-24(2,37)21(34)31-16-6-3-12(7-17(16)32(22(28)35)23(31)36)9-30-11-29-19(18(25)20(30)33)38-10-13-4-5-14(26)8-15(13)27/h3-8,11,37H,9-10H2,1-2H3,(H2,28,35). The quantitative estimate of drug-likeness (QED) is 0.375. The van der Waals surface area contributed by atoms with Crippen LogP contribution in [0.5, 0.6) is 5.88 Å². The van der Waals surface area contributed by atoms with Crippen molar-refractivity contribution in [3.05, 3.63) is 91.3 Å². The van der Waals surface area contributed by atoms with Gasteiger partial charge in [-0.25, -0.2) is 32.5 Å². The summed E-state index contributed by atoms with van der Waals surface area (Å²) < 4.78 is 34.6. The van der Waals surface area contributed by atoms with Crippen LogP contribution in [-0.4, -0.2) is 41.3 Å². The second-order valence-corrected chi connectivity index (χ2v) is 9.18. The molecule has 3 N–H and O–H groups in total. The number of rotatable bonds is 6. The van der Waals surface area contributed by atoms with E-state index < -0.39 is 45.4 Å². The first kappa shape index (κ1) is 26.7. The number of aliphatic hydroxyl groups is 1. The summed E-state index contributed by atoms with van der Waals surface area (Å²) in [5.74, 6) is -2.82. The summed E-state index contributed by atoms with van der Waals surface area (Å²) >= 11 is 6.11. The zero-order valence-electron chi connectivity index (χ0n) is 19.9. The van der Waals surface area contributed by atoms with Gasteiger partial charge in [-0.15, -0.1) is 0 Å². The van der Waals surface area contributed by atoms with E-state index in [9.17, 15) is 33.1 Å². The highest BCUT2D eigenvalue weighted by atomic mass is 35.5. The van der Waals surface area contributed by atoms with Gasteiger partial charge in [0.05, 0.1) is 17.6 Å². The molecular weight excluding hydrogens is 528 g/mol. The summed E-state index contributed by atoms with van der Waals surface area (Å²) in [6.45, 7) is 1.91. The molecule has 0 unspecified atom stereocenters. The van der Waals surface area contributed by atoms with Gasteiger partial charge < -0.3 is 15.6 Å². The maximum Gasteiger partial charge on any atom is 0.344 e. The van der Waals surface area contributed by atoms with Gasteiger partial charge in [0, 0.05) is 11.6 Å². The van der Waals surface area contributed by atoms with E-state index >= 15 is 0 Å². The van der Waals surface area contributed by atoms with E-state index in [1.807, 2.05) is 0 Å². The van der Waals surface area contributed by atoms with Gasteiger partial charge in [-0.2, -0.15) is 0 Å². The third kappa shape index (κ3) is 4.93. The number of primary amides is 1. The second kappa shape index (κ2) is 9.84. The minimum atomic E-state index is -1.92. The molecule has 0 spiro atoms. The number of amides is 1. The Morgan fingerprint density at radius 3 is 2.45 bits per heavy atom. The second-order valence-electron chi connectivity index (χ2n) is 8.80. The Morgan fingerprint density at radius 2 is 1.82 bits per heavy atom. The predicted octanol–water partition coefficient (Wildman–Crippen LogP) is 2.26. The molecule has 0 saturated heterocycles. The number of carbonyl (C=O) groups is 2. The van der Waals surface area contributed by atoms with Crippen LogP contribution >= 0.6 is 11.6 Å². The van der Waals surface area contributed by atoms with Crippen molar-refractivity contribution in [3.63, 3.8) is 0 Å². The predicted molar refractivity (Wildman–Crippen MR) is 131 cm³/mol. The van der Waals surface area contributed by atoms with Gasteiger partial charge in [-0.3, -0.25) is 14.2 Å². The van der Waals surface area contributed by atoms with Gasteiger partial charge in [-0.05, 0) is 43.7 Å². The molecule has 11 nitrogen and oxygen atoms in total. The van der Waals surface area contributed by atoms with Crippen molar-refractivity contribution in [2.75, 3.05) is 0 Å². The lowest BCUT2D eigenvalue weighted by atomic mass is 10.1. The molecule has 0 bridgehead atoms. The highest BCUT2D eigenvalue weighted by Gasteiger charge is 2.31. The average Bonchev–Trinajstić information content (AvgIpc) is 3.12. The summed E-state index contributed by atoms with van der Waals surface area (Å²) in [5.41, 5.74) is 2.10. The van der Waals surface area contributed by atoms with Crippen LogP contribution < -0.4 is 21.7 Å². The van der Waals surface area contributed by atoms with Gasteiger partial charge in [0.25, 0.3) is 11.5 Å². The zero-order valence-corrected chi connectivity index (χ0v) is 20.7. The van der Waals surface area contributed by atoms with Crippen molar-refractivity contribution in [2.24, 2.45) is 5.73 Å². The summed E-state index contributed by atoms with van der Waals surface area (Å²) in [7, 11) is 0. The maximum atomic E-state index is 13.8. The highest BCUT2D eigenvalue weighted by Crippen LogP contribution is 2.21. The Labute approximate surface area is 217 Å². The Hall–Kier alpha value is -4.36. The number of ether oxygens (including phenoxy) is 1. The average molecular weight is 548 g/mol. The lowest BCUT2D eigenvalue weighted by molar-refractivity contribution is 0.0392. The van der Waals surface area contributed by atoms with Crippen molar-refractivity contribution in [3.8, 4) is 5.88 Å². The molecular formula is C24H20ClF2N5O6. The molecule has 38 heavy (non-hydrogen) atoms. The number of aromatic nitrogens is 4. The number of hydrogen-bond donors (Lipinski definition) is 2. The van der Waals surface area contributed by atoms with Crippen molar-refractivity contribution < 1.29 is 28.2 Å². The first-order chi connectivity index (χ1) is 17.8. The number of halogens is 3. The van der Waals surface area contributed by atoms with Crippen LogP contribution in [0.4, 0.5) is 13.6 Å². The smallest absolute Gasteiger partial charge is 0.344 e. The van der Waals surface area contributed by atoms with E-state index in [1.165, 1.54) is 38.1 Å². The molecule has 0 atom stereocenters. The molecule has 1 amide bonds. The van der Waals surface area contributed by atoms with Gasteiger partial charge >= 0.3 is 11.7 Å². The number of benzene rings is 2. The lowest BCUT2D eigenvalue weighted by Gasteiger charge is -2.15.